The third-order valence-corrected chi connectivity index (χ3v) is 3.68. The van der Waals surface area contributed by atoms with Crippen LogP contribution in [0.2, 0.25) is 5.02 Å². The molecule has 0 unspecified atom stereocenters. The second kappa shape index (κ2) is 5.61. The number of para-hydroxylation sites is 1. The number of fused-ring (bicyclic) bond motifs is 1. The zero-order valence-corrected chi connectivity index (χ0v) is 12.0. The average Bonchev–Trinajstić information content (AvgIpc) is 2.49. The molecule has 3 rings (SSSR count). The first kappa shape index (κ1) is 13.1. The maximum Gasteiger partial charge on any atom is 0.0709 e. The lowest BCUT2D eigenvalue weighted by atomic mass is 10.1. The van der Waals surface area contributed by atoms with Gasteiger partial charge in [-0.25, -0.2) is 4.98 Å². The summed E-state index contributed by atoms with van der Waals surface area (Å²) in [6.45, 7) is 0.750. The summed E-state index contributed by atoms with van der Waals surface area (Å²) in [6, 6.07) is 18.3. The van der Waals surface area contributed by atoms with E-state index in [0.717, 1.165) is 39.3 Å². The molecule has 100 valence electrons. The number of nitrogens with one attached hydrogen (secondary N) is 1. The van der Waals surface area contributed by atoms with E-state index in [1.165, 1.54) is 0 Å². The van der Waals surface area contributed by atoms with Gasteiger partial charge in [0.1, 0.15) is 0 Å². The van der Waals surface area contributed by atoms with Gasteiger partial charge in [0.15, 0.2) is 0 Å². The Labute approximate surface area is 123 Å². The minimum atomic E-state index is 0.750. The third-order valence-electron chi connectivity index (χ3n) is 3.31. The van der Waals surface area contributed by atoms with E-state index in [1.54, 1.807) is 0 Å². The number of hydrogen-bond donors (Lipinski definition) is 1. The van der Waals surface area contributed by atoms with Gasteiger partial charge in [0.2, 0.25) is 0 Å². The number of benzene rings is 2. The summed E-state index contributed by atoms with van der Waals surface area (Å²) >= 11 is 6.20. The first-order chi connectivity index (χ1) is 9.78. The van der Waals surface area contributed by atoms with E-state index in [1.807, 2.05) is 37.4 Å². The average molecular weight is 283 g/mol. The Morgan fingerprint density at radius 2 is 1.90 bits per heavy atom. The number of hydrogen-bond acceptors (Lipinski definition) is 2. The van der Waals surface area contributed by atoms with E-state index < -0.39 is 0 Å². The van der Waals surface area contributed by atoms with Crippen LogP contribution in [0.25, 0.3) is 22.2 Å². The highest BCUT2D eigenvalue weighted by Gasteiger charge is 2.05. The minimum absolute atomic E-state index is 0.750. The van der Waals surface area contributed by atoms with E-state index in [-0.39, 0.29) is 0 Å². The molecule has 2 aromatic carbocycles. The maximum absolute atomic E-state index is 6.20. The molecule has 0 radical (unpaired) electrons. The Balaban J connectivity index is 2.08. The SMILES string of the molecule is CNCc1cc(-c2ccc3ccccc3n2)ccc1Cl. The van der Waals surface area contributed by atoms with Crippen LogP contribution in [0.1, 0.15) is 5.56 Å². The van der Waals surface area contributed by atoms with Crippen molar-refractivity contribution in [2.45, 2.75) is 6.54 Å². The molecule has 1 heterocycles. The molecule has 20 heavy (non-hydrogen) atoms. The van der Waals surface area contributed by atoms with Gasteiger partial charge in [-0.1, -0.05) is 41.9 Å². The van der Waals surface area contributed by atoms with E-state index in [0.29, 0.717) is 0 Å². The van der Waals surface area contributed by atoms with Gasteiger partial charge in [0, 0.05) is 22.5 Å². The Morgan fingerprint density at radius 3 is 2.75 bits per heavy atom. The highest BCUT2D eigenvalue weighted by Crippen LogP contribution is 2.25. The lowest BCUT2D eigenvalue weighted by molar-refractivity contribution is 0.818. The van der Waals surface area contributed by atoms with Crippen molar-refractivity contribution >= 4 is 22.5 Å². The first-order valence-corrected chi connectivity index (χ1v) is 6.95. The van der Waals surface area contributed by atoms with Crippen molar-refractivity contribution in [3.63, 3.8) is 0 Å². The Hall–Kier alpha value is -1.90. The standard InChI is InChI=1S/C17H15ClN2/c1-19-11-14-10-13(6-8-15(14)18)17-9-7-12-4-2-3-5-16(12)20-17/h2-10,19H,11H2,1H3. The fourth-order valence-electron chi connectivity index (χ4n) is 2.29. The van der Waals surface area contributed by atoms with Crippen LogP contribution < -0.4 is 5.32 Å². The van der Waals surface area contributed by atoms with Crippen LogP contribution >= 0.6 is 11.6 Å². The van der Waals surface area contributed by atoms with Crippen molar-refractivity contribution in [1.82, 2.24) is 10.3 Å². The second-order valence-corrected chi connectivity index (χ2v) is 5.13. The highest BCUT2D eigenvalue weighted by atomic mass is 35.5. The van der Waals surface area contributed by atoms with Gasteiger partial charge in [-0.3, -0.25) is 0 Å². The number of rotatable bonds is 3. The quantitative estimate of drug-likeness (QED) is 0.776. The van der Waals surface area contributed by atoms with Crippen molar-refractivity contribution in [2.75, 3.05) is 7.05 Å². The summed E-state index contributed by atoms with van der Waals surface area (Å²) in [5, 5.41) is 5.06. The van der Waals surface area contributed by atoms with Crippen molar-refractivity contribution in [1.29, 1.82) is 0 Å². The summed E-state index contributed by atoms with van der Waals surface area (Å²) < 4.78 is 0. The van der Waals surface area contributed by atoms with Gasteiger partial charge in [-0.2, -0.15) is 0 Å². The van der Waals surface area contributed by atoms with E-state index in [9.17, 15) is 0 Å². The summed E-state index contributed by atoms with van der Waals surface area (Å²) in [5.41, 5.74) is 4.15. The lowest BCUT2D eigenvalue weighted by Crippen LogP contribution is -2.05. The second-order valence-electron chi connectivity index (χ2n) is 4.73. The van der Waals surface area contributed by atoms with E-state index >= 15 is 0 Å². The Morgan fingerprint density at radius 1 is 1.05 bits per heavy atom. The predicted octanol–water partition coefficient (Wildman–Crippen LogP) is 4.27. The van der Waals surface area contributed by atoms with Crippen molar-refractivity contribution in [3.8, 4) is 11.3 Å². The van der Waals surface area contributed by atoms with Crippen LogP contribution in [-0.2, 0) is 6.54 Å². The van der Waals surface area contributed by atoms with Crippen LogP contribution in [0.15, 0.2) is 54.6 Å². The largest absolute Gasteiger partial charge is 0.316 e. The molecule has 1 N–H and O–H groups in total. The minimum Gasteiger partial charge on any atom is -0.316 e. The molecule has 0 saturated heterocycles. The molecule has 0 bridgehead atoms. The molecule has 1 aromatic heterocycles. The molecule has 0 atom stereocenters. The smallest absolute Gasteiger partial charge is 0.0709 e. The fraction of sp³-hybridized carbons (Fsp3) is 0.118. The summed E-state index contributed by atoms with van der Waals surface area (Å²) in [6.07, 6.45) is 0. The van der Waals surface area contributed by atoms with E-state index in [4.69, 9.17) is 16.6 Å². The van der Waals surface area contributed by atoms with Gasteiger partial charge in [-0.05, 0) is 36.9 Å². The highest BCUT2D eigenvalue weighted by molar-refractivity contribution is 6.31. The molecule has 0 spiro atoms. The molecule has 0 amide bonds. The molecular weight excluding hydrogens is 268 g/mol. The van der Waals surface area contributed by atoms with Crippen LogP contribution in [0.4, 0.5) is 0 Å². The summed E-state index contributed by atoms with van der Waals surface area (Å²) in [4.78, 5) is 4.71. The molecular formula is C17H15ClN2. The topological polar surface area (TPSA) is 24.9 Å². The molecule has 3 aromatic rings. The van der Waals surface area contributed by atoms with Crippen LogP contribution in [0, 0.1) is 0 Å². The van der Waals surface area contributed by atoms with E-state index in [2.05, 4.69) is 29.6 Å². The number of aromatic nitrogens is 1. The van der Waals surface area contributed by atoms with Crippen LogP contribution in [-0.4, -0.2) is 12.0 Å². The fourth-order valence-corrected chi connectivity index (χ4v) is 2.47. The summed E-state index contributed by atoms with van der Waals surface area (Å²) in [5.74, 6) is 0. The van der Waals surface area contributed by atoms with Crippen molar-refractivity contribution in [2.24, 2.45) is 0 Å². The lowest BCUT2D eigenvalue weighted by Gasteiger charge is -2.08. The van der Waals surface area contributed by atoms with Crippen LogP contribution in [0.3, 0.4) is 0 Å². The van der Waals surface area contributed by atoms with Gasteiger partial charge in [-0.15, -0.1) is 0 Å². The molecule has 0 aliphatic heterocycles. The van der Waals surface area contributed by atoms with Gasteiger partial charge in [0.05, 0.1) is 11.2 Å². The monoisotopic (exact) mass is 282 g/mol. The molecule has 2 nitrogen and oxygen atoms in total. The molecule has 3 heteroatoms. The molecule has 0 aliphatic rings. The Kier molecular flexibility index (Phi) is 3.68. The zero-order valence-electron chi connectivity index (χ0n) is 11.2. The Bertz CT molecular complexity index is 753. The van der Waals surface area contributed by atoms with Crippen molar-refractivity contribution < 1.29 is 0 Å². The zero-order chi connectivity index (χ0) is 13.9. The third kappa shape index (κ3) is 2.53. The predicted molar refractivity (Wildman–Crippen MR) is 85.0 cm³/mol. The number of nitrogens with zero attached hydrogens (tertiary/aromatic N) is 1. The van der Waals surface area contributed by atoms with Gasteiger partial charge in [0.25, 0.3) is 0 Å². The molecule has 0 aliphatic carbocycles. The summed E-state index contributed by atoms with van der Waals surface area (Å²) in [7, 11) is 1.91. The van der Waals surface area contributed by atoms with Crippen LogP contribution in [0.5, 0.6) is 0 Å². The maximum atomic E-state index is 6.20. The van der Waals surface area contributed by atoms with Gasteiger partial charge >= 0.3 is 0 Å². The number of pyridine rings is 1. The van der Waals surface area contributed by atoms with Crippen molar-refractivity contribution in [3.05, 3.63) is 65.2 Å². The number of halogens is 1. The molecule has 0 saturated carbocycles. The molecule has 0 fully saturated rings. The first-order valence-electron chi connectivity index (χ1n) is 6.57. The normalized spacial score (nSPS) is 10.9. The van der Waals surface area contributed by atoms with Gasteiger partial charge < -0.3 is 5.32 Å².